The first-order valence-corrected chi connectivity index (χ1v) is 55.0. The fourth-order valence-corrected chi connectivity index (χ4v) is 20.1. The zero-order valence-corrected chi connectivity index (χ0v) is 104. The molecule has 816 valence electrons. The van der Waals surface area contributed by atoms with Gasteiger partial charge in [0.2, 0.25) is 0 Å². The Hall–Kier alpha value is -6.66. The molecule has 0 aliphatic rings. The molecule has 0 saturated heterocycles. The predicted octanol–water partition coefficient (Wildman–Crippen LogP) is 44.3. The van der Waals surface area contributed by atoms with Gasteiger partial charge in [-0.1, -0.05) is 560 Å². The van der Waals surface area contributed by atoms with Gasteiger partial charge in [0, 0.05) is 1.37 Å². The summed E-state index contributed by atoms with van der Waals surface area (Å²) in [5, 5.41) is 0. The minimum Gasteiger partial charge on any atom is -0.171 e. The summed E-state index contributed by atoms with van der Waals surface area (Å²) >= 11 is 0. The molecule has 0 fully saturated rings. The third-order valence-electron chi connectivity index (χ3n) is 26.7. The predicted molar refractivity (Wildman–Crippen MR) is 632 cm³/mol. The first-order chi connectivity index (χ1) is 64.4. The number of hydrogen-bond acceptors (Lipinski definition) is 0. The summed E-state index contributed by atoms with van der Waals surface area (Å²) in [7, 11) is 0. The molecular formula is C138H222F6. The maximum Gasteiger partial charge on any atom is 0.394 e. The van der Waals surface area contributed by atoms with E-state index in [-0.39, 0.29) is 61.6 Å². The second-order valence-electron chi connectivity index (χ2n) is 59.9. The Morgan fingerprint density at radius 3 is 0.660 bits per heavy atom. The van der Waals surface area contributed by atoms with Crippen LogP contribution in [0.25, 0.3) is 0 Å². The van der Waals surface area contributed by atoms with Crippen LogP contribution in [0.3, 0.4) is 0 Å². The van der Waals surface area contributed by atoms with Crippen LogP contribution in [0.1, 0.15) is 573 Å². The highest BCUT2D eigenvalue weighted by atomic mass is 19.4. The van der Waals surface area contributed by atoms with Gasteiger partial charge in [0.1, 0.15) is 0 Å². The number of rotatable bonds is 16. The molecule has 0 N–H and O–H groups in total. The molecule has 0 spiro atoms. The Kier molecular flexibility index (Phi) is 48.1. The van der Waals surface area contributed by atoms with Crippen molar-refractivity contribution in [1.29, 1.82) is 0 Å². The van der Waals surface area contributed by atoms with Gasteiger partial charge in [0.05, 0.1) is 10.8 Å². The maximum atomic E-state index is 13.3. The maximum absolute atomic E-state index is 13.3. The van der Waals surface area contributed by atoms with Gasteiger partial charge in [-0.05, 0) is 284 Å². The second-order valence-corrected chi connectivity index (χ2v) is 59.9. The Bertz CT molecular complexity index is 4920. The highest BCUT2D eigenvalue weighted by molar-refractivity contribution is 5.51. The minimum absolute atomic E-state index is 0.0670. The molecule has 0 amide bonds. The van der Waals surface area contributed by atoms with Gasteiger partial charge < -0.3 is 0 Å². The fraction of sp³-hybridized carbons (Fsp3) is 0.652. The summed E-state index contributed by atoms with van der Waals surface area (Å²) < 4.78 is 88.4. The van der Waals surface area contributed by atoms with Crippen LogP contribution < -0.4 is 0 Å². The third-order valence-corrected chi connectivity index (χ3v) is 26.7. The number of hydrogen-bond donors (Lipinski definition) is 0. The van der Waals surface area contributed by atoms with E-state index in [2.05, 4.69) is 480 Å². The van der Waals surface area contributed by atoms with E-state index in [9.17, 15) is 26.3 Å². The molecule has 8 rings (SSSR count). The smallest absolute Gasteiger partial charge is 0.171 e. The van der Waals surface area contributed by atoms with Crippen molar-refractivity contribution < 1.29 is 27.7 Å². The molecule has 0 saturated carbocycles. The van der Waals surface area contributed by atoms with Crippen molar-refractivity contribution >= 4 is 0 Å². The van der Waals surface area contributed by atoms with E-state index in [4.69, 9.17) is 1.37 Å². The average molecular weight is 2000 g/mol. The van der Waals surface area contributed by atoms with Crippen LogP contribution in [-0.4, -0.2) is 12.4 Å². The van der Waals surface area contributed by atoms with Crippen molar-refractivity contribution in [2.45, 2.75) is 554 Å². The van der Waals surface area contributed by atoms with Crippen molar-refractivity contribution in [2.75, 3.05) is 0 Å². The molecule has 0 bridgehead atoms. The van der Waals surface area contributed by atoms with E-state index >= 15 is 0 Å². The van der Waals surface area contributed by atoms with E-state index < -0.39 is 34.5 Å². The fourth-order valence-electron chi connectivity index (χ4n) is 20.1. The summed E-state index contributed by atoms with van der Waals surface area (Å²) in [4.78, 5) is 0. The Balaban J connectivity index is 0.000000836. The van der Waals surface area contributed by atoms with Gasteiger partial charge in [0.25, 0.3) is 0 Å². The van der Waals surface area contributed by atoms with Gasteiger partial charge in [-0.3, -0.25) is 0 Å². The summed E-state index contributed by atoms with van der Waals surface area (Å²) in [5.41, 5.74) is 29.5. The largest absolute Gasteiger partial charge is 0.394 e. The topological polar surface area (TPSA) is 0 Å². The van der Waals surface area contributed by atoms with Crippen LogP contribution in [0.2, 0.25) is 0 Å². The lowest BCUT2D eigenvalue weighted by atomic mass is 9.69. The first kappa shape index (κ1) is 133. The quantitative estimate of drug-likeness (QED) is 0.0846. The van der Waals surface area contributed by atoms with Crippen LogP contribution in [-0.2, 0) is 98.1 Å². The summed E-state index contributed by atoms with van der Waals surface area (Å²) in [6, 6.07) is 54.0. The summed E-state index contributed by atoms with van der Waals surface area (Å²) in [6.07, 6.45) is -4.66. The molecule has 6 heteroatoms. The van der Waals surface area contributed by atoms with E-state index in [1.165, 1.54) is 74.0 Å². The van der Waals surface area contributed by atoms with E-state index in [1.54, 1.807) is 62.7 Å². The lowest BCUT2D eigenvalue weighted by Gasteiger charge is -2.36. The molecule has 144 heavy (non-hydrogen) atoms. The molecule has 0 aromatic heterocycles. The number of alkyl halides is 6. The average Bonchev–Trinajstić information content (AvgIpc) is 0.760. The highest BCUT2D eigenvalue weighted by Crippen LogP contribution is 2.49. The monoisotopic (exact) mass is 1990 g/mol. The van der Waals surface area contributed by atoms with Crippen LogP contribution in [0.5, 0.6) is 0 Å². The Morgan fingerprint density at radius 2 is 0.438 bits per heavy atom. The second kappa shape index (κ2) is 51.9. The molecular weight excluding hydrogens is 1770 g/mol. The lowest BCUT2D eigenvalue weighted by Crippen LogP contribution is -2.36. The number of halogens is 6. The standard InChI is InChI=1S/C20H28F6.C20H34.C19H32.2C18H30.C17H28.C16H26.C10H14/c1-16(2,3)15-13(11-17(4,5)19(21,22)23)9-8-10-14(15)12-18(6,7)20(24,25)26;1-18(2,3)13-15-11-10-12-16(14-19(4,5)6)17(15)20(7,8)9;1-12(2)15-10-16(13(3)4)18(19(7,8)9)17(11-15)14(5)6;1-16(2,3)13-11-10-12-14(17(4,5)6)15(13)18(7,8)9;1-13(2)11-15-9-8-10-16(12-14(3)4)17(15)18(5,6)7;1-12(2)13-10-9-11-14(16(3,4)5)15(13)17(6,7)8;1-11(2)13-9-8-10-14(12(3)4)15(13)16(5,6)7;1-10(2,3)9-7-5-4-6-8-9/h8-10H,11-12H2,1-7H3;10-12H,13-14H2,1-9H3;10-14H,1-9H3;10-12H,1-9H3;8-10,13-14H,11-12H2,1-7H3;9-12H,1-8H3;8-12H,1-7H3;4-8H,1-3H3/i;;;;;12D;;. The van der Waals surface area contributed by atoms with Crippen molar-refractivity contribution in [2.24, 2.45) is 33.5 Å². The molecule has 0 aliphatic heterocycles. The Labute approximate surface area is 889 Å². The van der Waals surface area contributed by atoms with Gasteiger partial charge >= 0.3 is 12.4 Å². The van der Waals surface area contributed by atoms with Gasteiger partial charge in [-0.2, -0.15) is 26.3 Å². The SMILES string of the molecule is CC(C)(C)Cc1cccc(CC(C)(C)C)c1C(C)(C)C.CC(C)(C)c1c(CC(C)(C)C(F)(F)F)cccc1CC(C)(C)C(F)(F)F.CC(C)(C)c1cccc(C(C)(C)C)c1C(C)(C)C.CC(C)(C)c1ccccc1.CC(C)Cc1cccc(CC(C)C)c1C(C)(C)C.CC(C)c1cc(C(C)C)c(C(C)(C)C)c(C(C)C)c1.CC(C)c1cccc(C(C)C)c1C(C)(C)C.[2H]C(C)(C)c1cccc(C(C)(C)C)c1C(C)(C)C. The van der Waals surface area contributed by atoms with Crippen LogP contribution in [0.15, 0.2) is 152 Å². The third kappa shape index (κ3) is 43.4. The van der Waals surface area contributed by atoms with Crippen LogP contribution in [0, 0.1) is 33.5 Å². The summed E-state index contributed by atoms with van der Waals surface area (Å²) in [5.74, 6) is 3.88. The molecule has 0 atom stereocenters. The normalized spacial score (nSPS) is 13.5. The lowest BCUT2D eigenvalue weighted by molar-refractivity contribution is -0.211. The number of benzene rings is 8. The molecule has 0 unspecified atom stereocenters. The molecule has 0 radical (unpaired) electrons. The first-order valence-electron chi connectivity index (χ1n) is 55.5. The molecule has 0 aliphatic carbocycles. The zero-order valence-electron chi connectivity index (χ0n) is 105. The van der Waals surface area contributed by atoms with Gasteiger partial charge in [0.15, 0.2) is 0 Å². The van der Waals surface area contributed by atoms with Gasteiger partial charge in [-0.25, -0.2) is 0 Å². The zero-order chi connectivity index (χ0) is 114. The summed E-state index contributed by atoms with van der Waals surface area (Å²) in [6.45, 7) is 129. The van der Waals surface area contributed by atoms with Crippen molar-refractivity contribution in [3.8, 4) is 0 Å². The van der Waals surface area contributed by atoms with E-state index in [0.29, 0.717) is 62.5 Å². The highest BCUT2D eigenvalue weighted by Gasteiger charge is 2.50. The van der Waals surface area contributed by atoms with E-state index in [1.807, 2.05) is 34.6 Å². The van der Waals surface area contributed by atoms with Gasteiger partial charge in [-0.15, -0.1) is 0 Å². The molecule has 0 heterocycles. The van der Waals surface area contributed by atoms with Crippen molar-refractivity contribution in [3.63, 3.8) is 0 Å². The Morgan fingerprint density at radius 1 is 0.208 bits per heavy atom. The van der Waals surface area contributed by atoms with Crippen LogP contribution in [0.4, 0.5) is 26.3 Å². The molecule has 0 nitrogen and oxygen atoms in total. The minimum atomic E-state index is -4.40. The molecule has 8 aromatic rings. The molecule has 8 aromatic carbocycles. The van der Waals surface area contributed by atoms with Crippen molar-refractivity contribution in [3.05, 3.63) is 280 Å². The van der Waals surface area contributed by atoms with E-state index in [0.717, 1.165) is 57.9 Å². The van der Waals surface area contributed by atoms with Crippen LogP contribution >= 0.6 is 0 Å². The van der Waals surface area contributed by atoms with Crippen molar-refractivity contribution in [1.82, 2.24) is 0 Å².